The molecule has 1 saturated heterocycles. The number of primary amides is 1. The zero-order chi connectivity index (χ0) is 20.1. The van der Waals surface area contributed by atoms with Crippen LogP contribution in [0.15, 0.2) is 53.2 Å². The molecule has 0 spiro atoms. The van der Waals surface area contributed by atoms with E-state index in [9.17, 15) is 4.79 Å². The number of hydrogen-bond acceptors (Lipinski definition) is 6. The standard InChI is InChI=1S/C22H25N5O2/c23-21(28)17-11-13-27(14-12-17)20-10-9-18(15-24-20)22-25-19(26-29-22)8-4-7-16-5-2-1-3-6-16/h1-3,5-6,9-10,15,17H,4,7-8,11-14H2,(H2,23,28). The Morgan fingerprint density at radius 2 is 1.90 bits per heavy atom. The van der Waals surface area contributed by atoms with E-state index in [1.807, 2.05) is 18.2 Å². The van der Waals surface area contributed by atoms with Crippen LogP contribution in [0.1, 0.15) is 30.7 Å². The van der Waals surface area contributed by atoms with Gasteiger partial charge in [0, 0.05) is 31.6 Å². The molecule has 3 aromatic rings. The van der Waals surface area contributed by atoms with Crippen LogP contribution in [-0.2, 0) is 17.6 Å². The first kappa shape index (κ1) is 19.1. The van der Waals surface area contributed by atoms with Crippen LogP contribution in [0, 0.1) is 5.92 Å². The highest BCUT2D eigenvalue weighted by atomic mass is 16.5. The van der Waals surface area contributed by atoms with Gasteiger partial charge >= 0.3 is 0 Å². The highest BCUT2D eigenvalue weighted by Gasteiger charge is 2.23. The van der Waals surface area contributed by atoms with Gasteiger partial charge in [0.05, 0.1) is 5.56 Å². The fourth-order valence-corrected chi connectivity index (χ4v) is 3.66. The summed E-state index contributed by atoms with van der Waals surface area (Å²) >= 11 is 0. The number of aromatic nitrogens is 3. The summed E-state index contributed by atoms with van der Waals surface area (Å²) in [6.45, 7) is 1.57. The maximum Gasteiger partial charge on any atom is 0.259 e. The first-order valence-electron chi connectivity index (χ1n) is 10.1. The molecule has 1 aromatic carbocycles. The second kappa shape index (κ2) is 8.86. The molecule has 0 radical (unpaired) electrons. The number of nitrogens with two attached hydrogens (primary N) is 1. The Kier molecular flexibility index (Phi) is 5.84. The van der Waals surface area contributed by atoms with Crippen molar-refractivity contribution in [2.24, 2.45) is 11.7 Å². The van der Waals surface area contributed by atoms with Crippen molar-refractivity contribution in [2.45, 2.75) is 32.1 Å². The number of pyridine rings is 1. The van der Waals surface area contributed by atoms with Crippen molar-refractivity contribution >= 4 is 11.7 Å². The maximum absolute atomic E-state index is 11.3. The number of aryl methyl sites for hydroxylation is 2. The van der Waals surface area contributed by atoms with Crippen molar-refractivity contribution in [1.82, 2.24) is 15.1 Å². The molecule has 1 aliphatic rings. The summed E-state index contributed by atoms with van der Waals surface area (Å²) in [5.74, 6) is 1.87. The minimum Gasteiger partial charge on any atom is -0.369 e. The molecular weight excluding hydrogens is 366 g/mol. The van der Waals surface area contributed by atoms with Crippen LogP contribution >= 0.6 is 0 Å². The van der Waals surface area contributed by atoms with Crippen molar-refractivity contribution < 1.29 is 9.32 Å². The van der Waals surface area contributed by atoms with E-state index in [2.05, 4.69) is 44.3 Å². The van der Waals surface area contributed by atoms with E-state index in [-0.39, 0.29) is 11.8 Å². The van der Waals surface area contributed by atoms with Crippen molar-refractivity contribution in [3.05, 3.63) is 60.0 Å². The number of hydrogen-bond donors (Lipinski definition) is 1. The summed E-state index contributed by atoms with van der Waals surface area (Å²) in [5, 5.41) is 4.09. The fraction of sp³-hybridized carbons (Fsp3) is 0.364. The van der Waals surface area contributed by atoms with Gasteiger partial charge in [-0.1, -0.05) is 35.5 Å². The minimum absolute atomic E-state index is 0.0239. The Labute approximate surface area is 169 Å². The SMILES string of the molecule is NC(=O)C1CCN(c2ccc(-c3nc(CCCc4ccccc4)no3)cn2)CC1. The zero-order valence-electron chi connectivity index (χ0n) is 16.3. The number of amides is 1. The summed E-state index contributed by atoms with van der Waals surface area (Å²) in [6, 6.07) is 14.3. The van der Waals surface area contributed by atoms with Crippen molar-refractivity contribution in [1.29, 1.82) is 0 Å². The van der Waals surface area contributed by atoms with Crippen LogP contribution in [0.2, 0.25) is 0 Å². The molecule has 29 heavy (non-hydrogen) atoms. The third-order valence-electron chi connectivity index (χ3n) is 5.39. The van der Waals surface area contributed by atoms with Gasteiger partial charge in [-0.2, -0.15) is 4.98 Å². The van der Waals surface area contributed by atoms with Crippen LogP contribution in [0.3, 0.4) is 0 Å². The molecule has 0 aliphatic carbocycles. The lowest BCUT2D eigenvalue weighted by Crippen LogP contribution is -2.38. The minimum atomic E-state index is -0.205. The molecule has 0 atom stereocenters. The third-order valence-corrected chi connectivity index (χ3v) is 5.39. The first-order valence-corrected chi connectivity index (χ1v) is 10.1. The van der Waals surface area contributed by atoms with E-state index in [1.165, 1.54) is 5.56 Å². The molecule has 1 amide bonds. The monoisotopic (exact) mass is 391 g/mol. The predicted molar refractivity (Wildman–Crippen MR) is 110 cm³/mol. The smallest absolute Gasteiger partial charge is 0.259 e. The van der Waals surface area contributed by atoms with Crippen molar-refractivity contribution in [3.8, 4) is 11.5 Å². The molecule has 0 unspecified atom stereocenters. The van der Waals surface area contributed by atoms with Crippen LogP contribution in [0.25, 0.3) is 11.5 Å². The van der Waals surface area contributed by atoms with Crippen LogP contribution in [0.5, 0.6) is 0 Å². The highest BCUT2D eigenvalue weighted by molar-refractivity contribution is 5.77. The normalized spacial score (nSPS) is 14.8. The largest absolute Gasteiger partial charge is 0.369 e. The molecule has 1 fully saturated rings. The van der Waals surface area contributed by atoms with Crippen molar-refractivity contribution in [2.75, 3.05) is 18.0 Å². The molecule has 2 N–H and O–H groups in total. The molecular formula is C22H25N5O2. The number of carbonyl (C=O) groups excluding carboxylic acids is 1. The second-order valence-electron chi connectivity index (χ2n) is 7.42. The molecule has 7 nitrogen and oxygen atoms in total. The number of rotatable bonds is 7. The summed E-state index contributed by atoms with van der Waals surface area (Å²) < 4.78 is 5.41. The Morgan fingerprint density at radius 1 is 1.10 bits per heavy atom. The van der Waals surface area contributed by atoms with Gasteiger partial charge in [0.25, 0.3) is 5.89 Å². The van der Waals surface area contributed by atoms with Gasteiger partial charge < -0.3 is 15.2 Å². The van der Waals surface area contributed by atoms with Gasteiger partial charge in [0.1, 0.15) is 5.82 Å². The quantitative estimate of drug-likeness (QED) is 0.665. The predicted octanol–water partition coefficient (Wildman–Crippen LogP) is 3.01. The van der Waals surface area contributed by atoms with Crippen LogP contribution in [-0.4, -0.2) is 34.1 Å². The maximum atomic E-state index is 11.3. The van der Waals surface area contributed by atoms with Gasteiger partial charge in [-0.15, -0.1) is 0 Å². The molecule has 0 saturated carbocycles. The topological polar surface area (TPSA) is 98.1 Å². The molecule has 3 heterocycles. The third kappa shape index (κ3) is 4.80. The van der Waals surface area contributed by atoms with Gasteiger partial charge in [0.2, 0.25) is 5.91 Å². The molecule has 1 aliphatic heterocycles. The van der Waals surface area contributed by atoms with Gasteiger partial charge in [-0.25, -0.2) is 4.98 Å². The Morgan fingerprint density at radius 3 is 2.59 bits per heavy atom. The fourth-order valence-electron chi connectivity index (χ4n) is 3.66. The molecule has 150 valence electrons. The summed E-state index contributed by atoms with van der Waals surface area (Å²) in [6.07, 6.45) is 6.05. The number of anilines is 1. The van der Waals surface area contributed by atoms with Gasteiger partial charge in [-0.05, 0) is 43.4 Å². The summed E-state index contributed by atoms with van der Waals surface area (Å²) in [4.78, 5) is 22.5. The average molecular weight is 391 g/mol. The Hall–Kier alpha value is -3.22. The summed E-state index contributed by atoms with van der Waals surface area (Å²) in [7, 11) is 0. The van der Waals surface area contributed by atoms with E-state index in [0.717, 1.165) is 56.6 Å². The first-order chi connectivity index (χ1) is 14.2. The second-order valence-corrected chi connectivity index (χ2v) is 7.42. The lowest BCUT2D eigenvalue weighted by atomic mass is 9.96. The number of carbonyl (C=O) groups is 1. The zero-order valence-corrected chi connectivity index (χ0v) is 16.3. The Bertz CT molecular complexity index is 931. The van der Waals surface area contributed by atoms with E-state index in [0.29, 0.717) is 11.7 Å². The highest BCUT2D eigenvalue weighted by Crippen LogP contribution is 2.24. The Balaban J connectivity index is 1.32. The molecule has 7 heteroatoms. The van der Waals surface area contributed by atoms with Crippen LogP contribution in [0.4, 0.5) is 5.82 Å². The van der Waals surface area contributed by atoms with E-state index < -0.39 is 0 Å². The van der Waals surface area contributed by atoms with E-state index in [1.54, 1.807) is 6.20 Å². The van der Waals surface area contributed by atoms with Crippen LogP contribution < -0.4 is 10.6 Å². The van der Waals surface area contributed by atoms with E-state index >= 15 is 0 Å². The number of piperidine rings is 1. The molecule has 4 rings (SSSR count). The van der Waals surface area contributed by atoms with Gasteiger partial charge in [0.15, 0.2) is 5.82 Å². The van der Waals surface area contributed by atoms with Crippen molar-refractivity contribution in [3.63, 3.8) is 0 Å². The van der Waals surface area contributed by atoms with E-state index in [4.69, 9.17) is 10.3 Å². The molecule has 2 aromatic heterocycles. The van der Waals surface area contributed by atoms with Gasteiger partial charge in [-0.3, -0.25) is 4.79 Å². The average Bonchev–Trinajstić information content (AvgIpc) is 3.24. The lowest BCUT2D eigenvalue weighted by Gasteiger charge is -2.31. The number of benzene rings is 1. The summed E-state index contributed by atoms with van der Waals surface area (Å²) in [5.41, 5.74) is 7.52. The lowest BCUT2D eigenvalue weighted by molar-refractivity contribution is -0.122. The molecule has 0 bridgehead atoms. The number of nitrogens with zero attached hydrogens (tertiary/aromatic N) is 4.